The molecular formula is C15H21FN4. The lowest BCUT2D eigenvalue weighted by Gasteiger charge is -2.19. The van der Waals surface area contributed by atoms with Gasteiger partial charge in [0.15, 0.2) is 5.82 Å². The van der Waals surface area contributed by atoms with Crippen molar-refractivity contribution in [3.8, 4) is 0 Å². The average molecular weight is 276 g/mol. The topological polar surface area (TPSA) is 42.7 Å². The third-order valence-corrected chi connectivity index (χ3v) is 3.00. The van der Waals surface area contributed by atoms with E-state index >= 15 is 0 Å². The van der Waals surface area contributed by atoms with Crippen LogP contribution in [0.1, 0.15) is 37.7 Å². The molecule has 0 amide bonds. The van der Waals surface area contributed by atoms with Crippen molar-refractivity contribution in [3.63, 3.8) is 0 Å². The minimum absolute atomic E-state index is 0.0323. The van der Waals surface area contributed by atoms with Crippen LogP contribution in [0, 0.1) is 12.7 Å². The van der Waals surface area contributed by atoms with Gasteiger partial charge in [-0.05, 0) is 51.0 Å². The predicted octanol–water partition coefficient (Wildman–Crippen LogP) is 2.66. The van der Waals surface area contributed by atoms with E-state index in [2.05, 4.69) is 36.2 Å². The van der Waals surface area contributed by atoms with Crippen molar-refractivity contribution < 1.29 is 4.39 Å². The molecule has 2 aromatic rings. The van der Waals surface area contributed by atoms with E-state index in [0.717, 1.165) is 17.0 Å². The number of aryl methyl sites for hydroxylation is 1. The molecule has 1 aromatic heterocycles. The molecule has 0 spiro atoms. The lowest BCUT2D eigenvalue weighted by molar-refractivity contribution is 0.417. The zero-order chi connectivity index (χ0) is 14.8. The minimum atomic E-state index is -0.222. The van der Waals surface area contributed by atoms with E-state index in [0.29, 0.717) is 13.1 Å². The first-order valence-corrected chi connectivity index (χ1v) is 6.72. The molecule has 20 heavy (non-hydrogen) atoms. The van der Waals surface area contributed by atoms with Gasteiger partial charge in [0, 0.05) is 5.54 Å². The summed E-state index contributed by atoms with van der Waals surface area (Å²) in [4.78, 5) is 4.26. The summed E-state index contributed by atoms with van der Waals surface area (Å²) in [5.74, 6) is 0.523. The summed E-state index contributed by atoms with van der Waals surface area (Å²) < 4.78 is 15.0. The van der Waals surface area contributed by atoms with Crippen molar-refractivity contribution in [2.75, 3.05) is 0 Å². The number of halogens is 1. The molecule has 0 aliphatic carbocycles. The standard InChI is InChI=1S/C15H21FN4/c1-11-5-6-13(16)7-12(11)9-20-10-17-14(19-20)8-18-15(2,3)4/h5-7,10,18H,8-9H2,1-4H3. The molecule has 0 fully saturated rings. The summed E-state index contributed by atoms with van der Waals surface area (Å²) in [6.45, 7) is 9.42. The van der Waals surface area contributed by atoms with Crippen LogP contribution in [0.25, 0.3) is 0 Å². The fraction of sp³-hybridized carbons (Fsp3) is 0.467. The first-order chi connectivity index (χ1) is 9.33. The van der Waals surface area contributed by atoms with Crippen molar-refractivity contribution >= 4 is 0 Å². The van der Waals surface area contributed by atoms with Crippen LogP contribution in [0.4, 0.5) is 4.39 Å². The van der Waals surface area contributed by atoms with Gasteiger partial charge in [0.05, 0.1) is 13.1 Å². The van der Waals surface area contributed by atoms with E-state index < -0.39 is 0 Å². The van der Waals surface area contributed by atoms with Crippen LogP contribution in [0.5, 0.6) is 0 Å². The molecule has 0 aliphatic heterocycles. The van der Waals surface area contributed by atoms with Gasteiger partial charge in [-0.1, -0.05) is 6.07 Å². The fourth-order valence-corrected chi connectivity index (χ4v) is 1.82. The highest BCUT2D eigenvalue weighted by molar-refractivity contribution is 5.26. The summed E-state index contributed by atoms with van der Waals surface area (Å²) in [7, 11) is 0. The molecule has 1 heterocycles. The van der Waals surface area contributed by atoms with Gasteiger partial charge in [0.25, 0.3) is 0 Å². The SMILES string of the molecule is Cc1ccc(F)cc1Cn1cnc(CNC(C)(C)C)n1. The largest absolute Gasteiger partial charge is 0.305 e. The van der Waals surface area contributed by atoms with Crippen molar-refractivity contribution in [1.29, 1.82) is 0 Å². The van der Waals surface area contributed by atoms with Crippen LogP contribution in [0.3, 0.4) is 0 Å². The van der Waals surface area contributed by atoms with Crippen LogP contribution >= 0.6 is 0 Å². The normalized spacial score (nSPS) is 11.8. The van der Waals surface area contributed by atoms with Gasteiger partial charge in [-0.3, -0.25) is 0 Å². The Morgan fingerprint density at radius 1 is 1.30 bits per heavy atom. The van der Waals surface area contributed by atoms with Gasteiger partial charge in [0.1, 0.15) is 12.1 Å². The Balaban J connectivity index is 2.04. The Morgan fingerprint density at radius 2 is 2.05 bits per heavy atom. The number of nitrogens with one attached hydrogen (secondary N) is 1. The van der Waals surface area contributed by atoms with Gasteiger partial charge in [-0.15, -0.1) is 0 Å². The Kier molecular flexibility index (Phi) is 4.18. The number of hydrogen-bond acceptors (Lipinski definition) is 3. The molecule has 0 atom stereocenters. The Morgan fingerprint density at radius 3 is 2.75 bits per heavy atom. The Hall–Kier alpha value is -1.75. The maximum Gasteiger partial charge on any atom is 0.164 e. The van der Waals surface area contributed by atoms with Gasteiger partial charge in [-0.2, -0.15) is 5.10 Å². The van der Waals surface area contributed by atoms with Crippen molar-refractivity contribution in [2.24, 2.45) is 0 Å². The van der Waals surface area contributed by atoms with Gasteiger partial charge in [0.2, 0.25) is 0 Å². The highest BCUT2D eigenvalue weighted by Crippen LogP contribution is 2.11. The zero-order valence-electron chi connectivity index (χ0n) is 12.4. The second kappa shape index (κ2) is 5.71. The van der Waals surface area contributed by atoms with E-state index in [9.17, 15) is 4.39 Å². The summed E-state index contributed by atoms with van der Waals surface area (Å²) in [5, 5.41) is 7.74. The number of aromatic nitrogens is 3. The van der Waals surface area contributed by atoms with Crippen LogP contribution in [-0.2, 0) is 13.1 Å². The smallest absolute Gasteiger partial charge is 0.164 e. The van der Waals surface area contributed by atoms with E-state index in [1.165, 1.54) is 6.07 Å². The number of nitrogens with zero attached hydrogens (tertiary/aromatic N) is 3. The summed E-state index contributed by atoms with van der Waals surface area (Å²) in [6, 6.07) is 4.80. The number of hydrogen-bond donors (Lipinski definition) is 1. The minimum Gasteiger partial charge on any atom is -0.305 e. The third-order valence-electron chi connectivity index (χ3n) is 3.00. The fourth-order valence-electron chi connectivity index (χ4n) is 1.82. The zero-order valence-corrected chi connectivity index (χ0v) is 12.4. The number of rotatable bonds is 4. The first kappa shape index (κ1) is 14.7. The maximum absolute atomic E-state index is 13.3. The van der Waals surface area contributed by atoms with E-state index in [1.807, 2.05) is 6.92 Å². The van der Waals surface area contributed by atoms with Crippen molar-refractivity contribution in [2.45, 2.75) is 46.3 Å². The molecular weight excluding hydrogens is 255 g/mol. The average Bonchev–Trinajstić information content (AvgIpc) is 2.78. The van der Waals surface area contributed by atoms with Gasteiger partial charge >= 0.3 is 0 Å². The molecule has 0 aliphatic rings. The predicted molar refractivity (Wildman–Crippen MR) is 76.9 cm³/mol. The maximum atomic E-state index is 13.3. The van der Waals surface area contributed by atoms with Crippen LogP contribution in [0.15, 0.2) is 24.5 Å². The molecule has 1 aromatic carbocycles. The van der Waals surface area contributed by atoms with Crippen LogP contribution in [0.2, 0.25) is 0 Å². The lowest BCUT2D eigenvalue weighted by atomic mass is 10.1. The molecule has 4 nitrogen and oxygen atoms in total. The molecule has 0 radical (unpaired) electrons. The second-order valence-electron chi connectivity index (χ2n) is 6.03. The van der Waals surface area contributed by atoms with Crippen molar-refractivity contribution in [1.82, 2.24) is 20.1 Å². The van der Waals surface area contributed by atoms with E-state index in [4.69, 9.17) is 0 Å². The highest BCUT2D eigenvalue weighted by Gasteiger charge is 2.10. The summed E-state index contributed by atoms with van der Waals surface area (Å²) in [6.07, 6.45) is 1.68. The van der Waals surface area contributed by atoms with E-state index in [1.54, 1.807) is 23.1 Å². The van der Waals surface area contributed by atoms with Gasteiger partial charge < -0.3 is 5.32 Å². The Labute approximate surface area is 119 Å². The summed E-state index contributed by atoms with van der Waals surface area (Å²) >= 11 is 0. The number of benzene rings is 1. The van der Waals surface area contributed by atoms with Crippen LogP contribution < -0.4 is 5.32 Å². The third kappa shape index (κ3) is 4.13. The second-order valence-corrected chi connectivity index (χ2v) is 6.03. The molecule has 0 saturated heterocycles. The molecule has 0 unspecified atom stereocenters. The van der Waals surface area contributed by atoms with Gasteiger partial charge in [-0.25, -0.2) is 14.1 Å². The quantitative estimate of drug-likeness (QED) is 0.933. The Bertz CT molecular complexity index is 584. The highest BCUT2D eigenvalue weighted by atomic mass is 19.1. The molecule has 108 valence electrons. The molecule has 0 saturated carbocycles. The molecule has 5 heteroatoms. The molecule has 1 N–H and O–H groups in total. The molecule has 2 rings (SSSR count). The first-order valence-electron chi connectivity index (χ1n) is 6.72. The molecule has 0 bridgehead atoms. The monoisotopic (exact) mass is 276 g/mol. The lowest BCUT2D eigenvalue weighted by Crippen LogP contribution is -2.35. The van der Waals surface area contributed by atoms with Crippen molar-refractivity contribution in [3.05, 3.63) is 47.3 Å². The summed E-state index contributed by atoms with van der Waals surface area (Å²) in [5.41, 5.74) is 2.01. The van der Waals surface area contributed by atoms with Crippen LogP contribution in [-0.4, -0.2) is 20.3 Å². The van der Waals surface area contributed by atoms with E-state index in [-0.39, 0.29) is 11.4 Å².